The van der Waals surface area contributed by atoms with Crippen LogP contribution in [0.2, 0.25) is 0 Å². The van der Waals surface area contributed by atoms with E-state index in [1.807, 2.05) is 11.8 Å². The predicted octanol–water partition coefficient (Wildman–Crippen LogP) is 4.08. The van der Waals surface area contributed by atoms with Gasteiger partial charge in [0.2, 0.25) is 0 Å². The average molecular weight is 289 g/mol. The summed E-state index contributed by atoms with van der Waals surface area (Å²) in [5.41, 5.74) is 1.27. The van der Waals surface area contributed by atoms with Crippen molar-refractivity contribution in [3.63, 3.8) is 0 Å². The summed E-state index contributed by atoms with van der Waals surface area (Å²) in [7, 11) is 0. The molecular formula is C17H23NOS. The summed E-state index contributed by atoms with van der Waals surface area (Å²) in [5.74, 6) is 2.17. The summed E-state index contributed by atoms with van der Waals surface area (Å²) in [5, 5.41) is 5.98. The maximum Gasteiger partial charge on any atom is 0.124 e. The van der Waals surface area contributed by atoms with E-state index < -0.39 is 0 Å². The van der Waals surface area contributed by atoms with Crippen LogP contribution < -0.4 is 10.1 Å². The van der Waals surface area contributed by atoms with Crippen molar-refractivity contribution in [3.8, 4) is 5.75 Å². The number of nitrogens with one attached hydrogen (secondary N) is 1. The van der Waals surface area contributed by atoms with Crippen molar-refractivity contribution in [1.29, 1.82) is 0 Å². The first kappa shape index (κ1) is 15.2. The molecule has 20 heavy (non-hydrogen) atoms. The number of hydrogen-bond donors (Lipinski definition) is 1. The Hall–Kier alpha value is -1.19. The molecule has 0 saturated heterocycles. The van der Waals surface area contributed by atoms with Gasteiger partial charge in [0, 0.05) is 12.1 Å². The quantitative estimate of drug-likeness (QED) is 0.740. The molecule has 0 atom stereocenters. The summed E-state index contributed by atoms with van der Waals surface area (Å²) in [6, 6.07) is 12.8. The highest BCUT2D eigenvalue weighted by molar-refractivity contribution is 7.98. The Kier molecular flexibility index (Phi) is 6.22. The molecule has 0 amide bonds. The second kappa shape index (κ2) is 8.18. The fourth-order valence-electron chi connectivity index (χ4n) is 2.27. The van der Waals surface area contributed by atoms with Gasteiger partial charge in [0.15, 0.2) is 0 Å². The van der Waals surface area contributed by atoms with Crippen molar-refractivity contribution < 1.29 is 4.74 Å². The van der Waals surface area contributed by atoms with Gasteiger partial charge in [-0.05, 0) is 41.8 Å². The molecule has 0 aliphatic heterocycles. The Morgan fingerprint density at radius 2 is 2.00 bits per heavy atom. The van der Waals surface area contributed by atoms with Crippen LogP contribution in [0, 0.1) is 0 Å². The Morgan fingerprint density at radius 1 is 1.15 bits per heavy atom. The molecule has 0 aromatic heterocycles. The standard InChI is InChI=1S/C17H23NOS/c1-3-18-13-16-15-8-5-4-7-14(15)9-10-17(16)19-11-6-12-20-2/h4-5,7-10,18H,3,6,11-13H2,1-2H3. The van der Waals surface area contributed by atoms with Crippen molar-refractivity contribution in [2.24, 2.45) is 0 Å². The molecule has 2 aromatic rings. The van der Waals surface area contributed by atoms with Gasteiger partial charge < -0.3 is 10.1 Å². The van der Waals surface area contributed by atoms with E-state index in [1.54, 1.807) is 0 Å². The van der Waals surface area contributed by atoms with E-state index in [-0.39, 0.29) is 0 Å². The van der Waals surface area contributed by atoms with E-state index >= 15 is 0 Å². The van der Waals surface area contributed by atoms with Gasteiger partial charge in [0.25, 0.3) is 0 Å². The molecule has 0 unspecified atom stereocenters. The second-order valence-corrected chi connectivity index (χ2v) is 5.72. The minimum absolute atomic E-state index is 0.790. The van der Waals surface area contributed by atoms with E-state index in [0.717, 1.165) is 37.6 Å². The second-order valence-electron chi connectivity index (χ2n) is 4.74. The first-order valence-corrected chi connectivity index (χ1v) is 8.59. The first-order chi connectivity index (χ1) is 9.86. The number of benzene rings is 2. The van der Waals surface area contributed by atoms with Crippen molar-refractivity contribution in [2.45, 2.75) is 19.9 Å². The molecule has 0 heterocycles. The summed E-state index contributed by atoms with van der Waals surface area (Å²) < 4.78 is 5.99. The minimum atomic E-state index is 0.790. The molecule has 0 radical (unpaired) electrons. The highest BCUT2D eigenvalue weighted by Gasteiger charge is 2.08. The van der Waals surface area contributed by atoms with E-state index in [1.165, 1.54) is 16.3 Å². The highest BCUT2D eigenvalue weighted by atomic mass is 32.2. The van der Waals surface area contributed by atoms with E-state index in [2.05, 4.69) is 54.9 Å². The smallest absolute Gasteiger partial charge is 0.124 e. The van der Waals surface area contributed by atoms with Gasteiger partial charge in [-0.25, -0.2) is 0 Å². The Bertz CT molecular complexity index is 542. The van der Waals surface area contributed by atoms with Crippen LogP contribution in [0.5, 0.6) is 5.75 Å². The van der Waals surface area contributed by atoms with Gasteiger partial charge in [0.1, 0.15) is 5.75 Å². The predicted molar refractivity (Wildman–Crippen MR) is 89.8 cm³/mol. The lowest BCUT2D eigenvalue weighted by atomic mass is 10.0. The normalized spacial score (nSPS) is 10.9. The Morgan fingerprint density at radius 3 is 2.80 bits per heavy atom. The van der Waals surface area contributed by atoms with Gasteiger partial charge in [-0.3, -0.25) is 0 Å². The van der Waals surface area contributed by atoms with Gasteiger partial charge in [-0.1, -0.05) is 37.3 Å². The third-order valence-corrected chi connectivity index (χ3v) is 4.00. The lowest BCUT2D eigenvalue weighted by molar-refractivity contribution is 0.315. The molecule has 1 N–H and O–H groups in total. The van der Waals surface area contributed by atoms with Crippen LogP contribution in [-0.4, -0.2) is 25.2 Å². The molecule has 108 valence electrons. The molecule has 0 bridgehead atoms. The molecule has 2 aromatic carbocycles. The zero-order valence-electron chi connectivity index (χ0n) is 12.3. The van der Waals surface area contributed by atoms with Crippen molar-refractivity contribution in [2.75, 3.05) is 25.2 Å². The zero-order valence-corrected chi connectivity index (χ0v) is 13.1. The van der Waals surface area contributed by atoms with Crippen LogP contribution in [0.3, 0.4) is 0 Å². The van der Waals surface area contributed by atoms with E-state index in [4.69, 9.17) is 4.74 Å². The largest absolute Gasteiger partial charge is 0.493 e. The zero-order chi connectivity index (χ0) is 14.2. The summed E-state index contributed by atoms with van der Waals surface area (Å²) in [6.07, 6.45) is 3.22. The van der Waals surface area contributed by atoms with E-state index in [0.29, 0.717) is 0 Å². The maximum atomic E-state index is 5.99. The Labute approximate surface area is 125 Å². The topological polar surface area (TPSA) is 21.3 Å². The van der Waals surface area contributed by atoms with Gasteiger partial charge in [0.05, 0.1) is 6.61 Å². The SMILES string of the molecule is CCNCc1c(OCCCSC)ccc2ccccc12. The van der Waals surface area contributed by atoms with Gasteiger partial charge >= 0.3 is 0 Å². The highest BCUT2D eigenvalue weighted by Crippen LogP contribution is 2.28. The molecular weight excluding hydrogens is 266 g/mol. The van der Waals surface area contributed by atoms with Crippen LogP contribution in [0.4, 0.5) is 0 Å². The number of ether oxygens (including phenoxy) is 1. The van der Waals surface area contributed by atoms with Crippen LogP contribution in [0.15, 0.2) is 36.4 Å². The van der Waals surface area contributed by atoms with Gasteiger partial charge in [-0.15, -0.1) is 0 Å². The van der Waals surface area contributed by atoms with Crippen LogP contribution in [-0.2, 0) is 6.54 Å². The van der Waals surface area contributed by atoms with Crippen molar-refractivity contribution in [3.05, 3.63) is 42.0 Å². The number of rotatable bonds is 8. The minimum Gasteiger partial charge on any atom is -0.493 e. The summed E-state index contributed by atoms with van der Waals surface area (Å²) in [4.78, 5) is 0. The molecule has 2 nitrogen and oxygen atoms in total. The summed E-state index contributed by atoms with van der Waals surface area (Å²) >= 11 is 1.87. The number of thioether (sulfide) groups is 1. The fourth-order valence-corrected chi connectivity index (χ4v) is 2.68. The maximum absolute atomic E-state index is 5.99. The summed E-state index contributed by atoms with van der Waals surface area (Å²) in [6.45, 7) is 4.74. The third kappa shape index (κ3) is 3.90. The number of hydrogen-bond acceptors (Lipinski definition) is 3. The van der Waals surface area contributed by atoms with Crippen LogP contribution in [0.1, 0.15) is 18.9 Å². The molecule has 2 rings (SSSR count). The third-order valence-electron chi connectivity index (χ3n) is 3.30. The van der Waals surface area contributed by atoms with Crippen molar-refractivity contribution >= 4 is 22.5 Å². The lowest BCUT2D eigenvalue weighted by Gasteiger charge is -2.14. The molecule has 0 aliphatic rings. The number of fused-ring (bicyclic) bond motifs is 1. The Balaban J connectivity index is 2.22. The average Bonchev–Trinajstić information content (AvgIpc) is 2.50. The molecule has 0 saturated carbocycles. The molecule has 0 aliphatic carbocycles. The van der Waals surface area contributed by atoms with Crippen LogP contribution in [0.25, 0.3) is 10.8 Å². The first-order valence-electron chi connectivity index (χ1n) is 7.20. The van der Waals surface area contributed by atoms with Gasteiger partial charge in [-0.2, -0.15) is 11.8 Å². The fraction of sp³-hybridized carbons (Fsp3) is 0.412. The van der Waals surface area contributed by atoms with E-state index in [9.17, 15) is 0 Å². The molecule has 3 heteroatoms. The monoisotopic (exact) mass is 289 g/mol. The lowest BCUT2D eigenvalue weighted by Crippen LogP contribution is -2.13. The van der Waals surface area contributed by atoms with Crippen molar-refractivity contribution in [1.82, 2.24) is 5.32 Å². The molecule has 0 fully saturated rings. The van der Waals surface area contributed by atoms with Crippen LogP contribution >= 0.6 is 11.8 Å². The molecule has 0 spiro atoms.